The van der Waals surface area contributed by atoms with Crippen LogP contribution in [0.2, 0.25) is 0 Å². The second kappa shape index (κ2) is 8.74. The molecule has 5 heteroatoms. The molecule has 0 saturated heterocycles. The summed E-state index contributed by atoms with van der Waals surface area (Å²) in [4.78, 5) is 0. The van der Waals surface area contributed by atoms with Gasteiger partial charge in [0.25, 0.3) is 0 Å². The minimum absolute atomic E-state index is 0.0667. The molecule has 0 spiro atoms. The standard InChI is InChI=1S/C14H24N2O3/c1-4-9-19-10-8-11(16-15)14-12(17-2)6-5-7-13(14)18-3/h5-7,11,16H,4,8-10,15H2,1-3H3. The lowest BCUT2D eigenvalue weighted by atomic mass is 10.0. The van der Waals surface area contributed by atoms with Crippen LogP contribution in [-0.4, -0.2) is 27.4 Å². The van der Waals surface area contributed by atoms with Gasteiger partial charge in [0.15, 0.2) is 0 Å². The van der Waals surface area contributed by atoms with Crippen molar-refractivity contribution in [3.05, 3.63) is 23.8 Å². The van der Waals surface area contributed by atoms with Crippen molar-refractivity contribution in [3.8, 4) is 11.5 Å². The summed E-state index contributed by atoms with van der Waals surface area (Å²) < 4.78 is 16.3. The van der Waals surface area contributed by atoms with Crippen molar-refractivity contribution in [1.82, 2.24) is 5.43 Å². The van der Waals surface area contributed by atoms with Crippen LogP contribution in [0.5, 0.6) is 11.5 Å². The van der Waals surface area contributed by atoms with Crippen molar-refractivity contribution in [2.75, 3.05) is 27.4 Å². The molecule has 1 atom stereocenters. The monoisotopic (exact) mass is 268 g/mol. The Morgan fingerprint density at radius 2 is 1.79 bits per heavy atom. The first kappa shape index (κ1) is 15.8. The highest BCUT2D eigenvalue weighted by molar-refractivity contribution is 5.46. The Labute approximate surface area is 115 Å². The van der Waals surface area contributed by atoms with Crippen LogP contribution in [0.4, 0.5) is 0 Å². The van der Waals surface area contributed by atoms with E-state index in [0.29, 0.717) is 6.61 Å². The summed E-state index contributed by atoms with van der Waals surface area (Å²) in [6, 6.07) is 5.62. The number of rotatable bonds is 9. The fourth-order valence-corrected chi connectivity index (χ4v) is 1.98. The zero-order chi connectivity index (χ0) is 14.1. The van der Waals surface area contributed by atoms with E-state index in [9.17, 15) is 0 Å². The Kier molecular flexibility index (Phi) is 7.25. The van der Waals surface area contributed by atoms with Gasteiger partial charge in [0.1, 0.15) is 11.5 Å². The molecule has 5 nitrogen and oxygen atoms in total. The molecule has 1 rings (SSSR count). The molecule has 0 fully saturated rings. The Morgan fingerprint density at radius 1 is 1.16 bits per heavy atom. The molecule has 1 aromatic carbocycles. The van der Waals surface area contributed by atoms with E-state index in [2.05, 4.69) is 12.3 Å². The summed E-state index contributed by atoms with van der Waals surface area (Å²) in [7, 11) is 3.28. The number of methoxy groups -OCH3 is 2. The van der Waals surface area contributed by atoms with E-state index in [0.717, 1.165) is 36.5 Å². The fraction of sp³-hybridized carbons (Fsp3) is 0.571. The van der Waals surface area contributed by atoms with Crippen molar-refractivity contribution in [3.63, 3.8) is 0 Å². The summed E-state index contributed by atoms with van der Waals surface area (Å²) in [5.74, 6) is 7.17. The van der Waals surface area contributed by atoms with Gasteiger partial charge in [-0.2, -0.15) is 0 Å². The Morgan fingerprint density at radius 3 is 2.26 bits per heavy atom. The average Bonchev–Trinajstić information content (AvgIpc) is 2.47. The maximum atomic E-state index is 5.65. The van der Waals surface area contributed by atoms with Crippen LogP contribution in [-0.2, 0) is 4.74 Å². The van der Waals surface area contributed by atoms with Crippen molar-refractivity contribution in [1.29, 1.82) is 0 Å². The van der Waals surface area contributed by atoms with Crippen LogP contribution in [0, 0.1) is 0 Å². The lowest BCUT2D eigenvalue weighted by Gasteiger charge is -2.21. The number of nitrogens with two attached hydrogens (primary N) is 1. The number of hydrogen-bond acceptors (Lipinski definition) is 5. The SMILES string of the molecule is CCCOCCC(NN)c1c(OC)cccc1OC. The topological polar surface area (TPSA) is 65.7 Å². The molecule has 3 N–H and O–H groups in total. The number of nitrogens with one attached hydrogen (secondary N) is 1. The smallest absolute Gasteiger partial charge is 0.127 e. The van der Waals surface area contributed by atoms with Gasteiger partial charge in [-0.05, 0) is 25.0 Å². The van der Waals surface area contributed by atoms with E-state index in [1.54, 1.807) is 14.2 Å². The minimum Gasteiger partial charge on any atom is -0.496 e. The average molecular weight is 268 g/mol. The molecule has 0 heterocycles. The van der Waals surface area contributed by atoms with Crippen LogP contribution < -0.4 is 20.7 Å². The molecule has 0 aliphatic heterocycles. The van der Waals surface area contributed by atoms with Gasteiger partial charge in [0.2, 0.25) is 0 Å². The molecule has 0 amide bonds. The lowest BCUT2D eigenvalue weighted by molar-refractivity contribution is 0.124. The molecule has 0 aliphatic rings. The van der Waals surface area contributed by atoms with Crippen LogP contribution in [0.25, 0.3) is 0 Å². The van der Waals surface area contributed by atoms with Crippen LogP contribution in [0.15, 0.2) is 18.2 Å². The van der Waals surface area contributed by atoms with Gasteiger partial charge in [0, 0.05) is 13.2 Å². The van der Waals surface area contributed by atoms with Crippen LogP contribution in [0.3, 0.4) is 0 Å². The molecule has 1 unspecified atom stereocenters. The van der Waals surface area contributed by atoms with Crippen molar-refractivity contribution in [2.24, 2.45) is 5.84 Å². The maximum absolute atomic E-state index is 5.65. The Balaban J connectivity index is 2.83. The molecule has 1 aromatic rings. The molecular formula is C14H24N2O3. The summed E-state index contributed by atoms with van der Waals surface area (Å²) >= 11 is 0. The highest BCUT2D eigenvalue weighted by Gasteiger charge is 2.19. The van der Waals surface area contributed by atoms with Gasteiger partial charge < -0.3 is 14.2 Å². The third kappa shape index (κ3) is 4.38. The first-order valence-electron chi connectivity index (χ1n) is 6.53. The van der Waals surface area contributed by atoms with Gasteiger partial charge >= 0.3 is 0 Å². The third-order valence-corrected chi connectivity index (χ3v) is 2.91. The highest BCUT2D eigenvalue weighted by Crippen LogP contribution is 2.35. The van der Waals surface area contributed by atoms with E-state index in [1.807, 2.05) is 18.2 Å². The Bertz CT molecular complexity index is 349. The summed E-state index contributed by atoms with van der Waals surface area (Å²) in [6.45, 7) is 3.49. The lowest BCUT2D eigenvalue weighted by Crippen LogP contribution is -2.29. The molecular weight excluding hydrogens is 244 g/mol. The summed E-state index contributed by atoms with van der Waals surface area (Å²) in [6.07, 6.45) is 1.77. The fourth-order valence-electron chi connectivity index (χ4n) is 1.98. The largest absolute Gasteiger partial charge is 0.496 e. The van der Waals surface area contributed by atoms with Gasteiger partial charge in [-0.25, -0.2) is 0 Å². The van der Waals surface area contributed by atoms with Crippen molar-refractivity contribution >= 4 is 0 Å². The zero-order valence-electron chi connectivity index (χ0n) is 11.9. The van der Waals surface area contributed by atoms with Gasteiger partial charge in [-0.1, -0.05) is 13.0 Å². The second-order valence-corrected chi connectivity index (χ2v) is 4.20. The number of benzene rings is 1. The van der Waals surface area contributed by atoms with Gasteiger partial charge in [-0.3, -0.25) is 11.3 Å². The van der Waals surface area contributed by atoms with Crippen LogP contribution >= 0.6 is 0 Å². The predicted octanol–water partition coefficient (Wildman–Crippen LogP) is 2.02. The van der Waals surface area contributed by atoms with Gasteiger partial charge in [-0.15, -0.1) is 0 Å². The summed E-state index contributed by atoms with van der Waals surface area (Å²) in [5, 5.41) is 0. The molecule has 0 radical (unpaired) electrons. The van der Waals surface area contributed by atoms with E-state index in [-0.39, 0.29) is 6.04 Å². The third-order valence-electron chi connectivity index (χ3n) is 2.91. The van der Waals surface area contributed by atoms with E-state index < -0.39 is 0 Å². The van der Waals surface area contributed by atoms with E-state index in [4.69, 9.17) is 20.1 Å². The van der Waals surface area contributed by atoms with E-state index >= 15 is 0 Å². The molecule has 0 aliphatic carbocycles. The normalized spacial score (nSPS) is 12.2. The maximum Gasteiger partial charge on any atom is 0.127 e. The number of hydrogen-bond donors (Lipinski definition) is 2. The predicted molar refractivity (Wildman–Crippen MR) is 75.3 cm³/mol. The zero-order valence-corrected chi connectivity index (χ0v) is 11.9. The number of hydrazine groups is 1. The molecule has 0 saturated carbocycles. The highest BCUT2D eigenvalue weighted by atomic mass is 16.5. The van der Waals surface area contributed by atoms with E-state index in [1.165, 1.54) is 0 Å². The second-order valence-electron chi connectivity index (χ2n) is 4.20. The molecule has 108 valence electrons. The Hall–Kier alpha value is -1.30. The molecule has 0 bridgehead atoms. The minimum atomic E-state index is -0.0667. The molecule has 0 aromatic heterocycles. The van der Waals surface area contributed by atoms with Crippen molar-refractivity contribution in [2.45, 2.75) is 25.8 Å². The van der Waals surface area contributed by atoms with Gasteiger partial charge in [0.05, 0.1) is 25.8 Å². The number of ether oxygens (including phenoxy) is 3. The first-order valence-corrected chi connectivity index (χ1v) is 6.53. The quantitative estimate of drug-likeness (QED) is 0.407. The first-order chi connectivity index (χ1) is 9.28. The van der Waals surface area contributed by atoms with Crippen molar-refractivity contribution < 1.29 is 14.2 Å². The molecule has 19 heavy (non-hydrogen) atoms. The van der Waals surface area contributed by atoms with Crippen LogP contribution in [0.1, 0.15) is 31.4 Å². The summed E-state index contributed by atoms with van der Waals surface area (Å²) in [5.41, 5.74) is 3.73.